The van der Waals surface area contributed by atoms with Crippen LogP contribution in [0.4, 0.5) is 5.69 Å². The van der Waals surface area contributed by atoms with Crippen molar-refractivity contribution in [1.29, 1.82) is 0 Å². The highest BCUT2D eigenvalue weighted by atomic mass is 79.9. The lowest BCUT2D eigenvalue weighted by Crippen LogP contribution is -2.49. The zero-order chi connectivity index (χ0) is 13.1. The second-order valence-electron chi connectivity index (χ2n) is 5.02. The number of hydrogen-bond donors (Lipinski definition) is 0. The first-order valence-electron chi connectivity index (χ1n) is 6.45. The van der Waals surface area contributed by atoms with Gasteiger partial charge in [0.25, 0.3) is 0 Å². The van der Waals surface area contributed by atoms with Crippen LogP contribution >= 0.6 is 31.9 Å². The summed E-state index contributed by atoms with van der Waals surface area (Å²) in [5.41, 5.74) is 2.74. The highest BCUT2D eigenvalue weighted by molar-refractivity contribution is 9.10. The Morgan fingerprint density at radius 1 is 1.17 bits per heavy atom. The Morgan fingerprint density at radius 2 is 1.83 bits per heavy atom. The molecule has 1 saturated heterocycles. The summed E-state index contributed by atoms with van der Waals surface area (Å²) in [4.78, 5) is 5.04. The number of benzene rings is 1. The van der Waals surface area contributed by atoms with Gasteiger partial charge < -0.3 is 4.90 Å². The molecule has 0 atom stereocenters. The fourth-order valence-electron chi connectivity index (χ4n) is 2.42. The maximum absolute atomic E-state index is 3.58. The third-order valence-corrected chi connectivity index (χ3v) is 4.67. The summed E-state index contributed by atoms with van der Waals surface area (Å²) in [5.74, 6) is 0. The second kappa shape index (κ2) is 6.40. The van der Waals surface area contributed by atoms with Gasteiger partial charge in [-0.2, -0.15) is 0 Å². The number of nitrogens with zero attached hydrogens (tertiary/aromatic N) is 2. The van der Waals surface area contributed by atoms with Gasteiger partial charge in [-0.15, -0.1) is 0 Å². The van der Waals surface area contributed by atoms with Crippen LogP contribution in [0.15, 0.2) is 22.7 Å². The first-order valence-corrected chi connectivity index (χ1v) is 8.36. The predicted molar refractivity (Wildman–Crippen MR) is 85.7 cm³/mol. The van der Waals surface area contributed by atoms with E-state index in [2.05, 4.69) is 73.7 Å². The molecule has 1 aromatic carbocycles. The zero-order valence-electron chi connectivity index (χ0n) is 11.0. The van der Waals surface area contributed by atoms with Crippen LogP contribution in [-0.4, -0.2) is 37.1 Å². The monoisotopic (exact) mass is 374 g/mol. The SMILES string of the molecule is CC(C)N1CCN(c2cc(Br)ccc2CBr)CC1. The van der Waals surface area contributed by atoms with E-state index in [4.69, 9.17) is 0 Å². The fourth-order valence-corrected chi connectivity index (χ4v) is 3.25. The molecule has 0 unspecified atom stereocenters. The predicted octanol–water partition coefficient (Wildman–Crippen LogP) is 3.87. The van der Waals surface area contributed by atoms with Crippen LogP contribution in [0.25, 0.3) is 0 Å². The first kappa shape index (κ1) is 14.4. The summed E-state index contributed by atoms with van der Waals surface area (Å²) in [6.45, 7) is 9.11. The highest BCUT2D eigenvalue weighted by Gasteiger charge is 2.20. The molecule has 100 valence electrons. The van der Waals surface area contributed by atoms with Crippen molar-refractivity contribution in [3.05, 3.63) is 28.2 Å². The van der Waals surface area contributed by atoms with E-state index in [1.165, 1.54) is 11.3 Å². The van der Waals surface area contributed by atoms with Crippen molar-refractivity contribution >= 4 is 37.5 Å². The number of alkyl halides is 1. The van der Waals surface area contributed by atoms with E-state index >= 15 is 0 Å². The summed E-state index contributed by atoms with van der Waals surface area (Å²) in [6, 6.07) is 7.21. The Balaban J connectivity index is 2.11. The molecular weight excluding hydrogens is 356 g/mol. The van der Waals surface area contributed by atoms with Crippen molar-refractivity contribution in [2.24, 2.45) is 0 Å². The molecule has 0 saturated carbocycles. The van der Waals surface area contributed by atoms with E-state index in [-0.39, 0.29) is 0 Å². The Kier molecular flexibility index (Phi) is 5.10. The van der Waals surface area contributed by atoms with E-state index in [1.54, 1.807) is 0 Å². The Labute approximate surface area is 127 Å². The molecule has 1 heterocycles. The number of halogens is 2. The molecule has 2 nitrogen and oxygen atoms in total. The second-order valence-corrected chi connectivity index (χ2v) is 6.50. The Hall–Kier alpha value is -0.0600. The molecule has 18 heavy (non-hydrogen) atoms. The van der Waals surface area contributed by atoms with Crippen LogP contribution in [0.3, 0.4) is 0 Å². The van der Waals surface area contributed by atoms with Crippen LogP contribution in [0.5, 0.6) is 0 Å². The lowest BCUT2D eigenvalue weighted by atomic mass is 10.1. The molecule has 0 radical (unpaired) electrons. The largest absolute Gasteiger partial charge is 0.369 e. The van der Waals surface area contributed by atoms with Gasteiger partial charge in [0, 0.05) is 47.7 Å². The van der Waals surface area contributed by atoms with Crippen LogP contribution in [0, 0.1) is 0 Å². The fraction of sp³-hybridized carbons (Fsp3) is 0.571. The number of piperazine rings is 1. The third-order valence-electron chi connectivity index (χ3n) is 3.58. The number of anilines is 1. The van der Waals surface area contributed by atoms with Crippen molar-refractivity contribution in [3.63, 3.8) is 0 Å². The molecule has 2 rings (SSSR count). The first-order chi connectivity index (χ1) is 8.61. The minimum absolute atomic E-state index is 0.658. The molecule has 0 spiro atoms. The summed E-state index contributed by atoms with van der Waals surface area (Å²) in [5, 5.41) is 0.917. The van der Waals surface area contributed by atoms with E-state index in [0.29, 0.717) is 6.04 Å². The number of rotatable bonds is 3. The Bertz CT molecular complexity index is 399. The molecule has 0 aromatic heterocycles. The number of hydrogen-bond acceptors (Lipinski definition) is 2. The molecule has 0 bridgehead atoms. The maximum atomic E-state index is 3.58. The molecule has 1 aromatic rings. The van der Waals surface area contributed by atoms with Gasteiger partial charge in [-0.1, -0.05) is 37.9 Å². The molecule has 0 amide bonds. The van der Waals surface area contributed by atoms with Crippen LogP contribution in [-0.2, 0) is 5.33 Å². The maximum Gasteiger partial charge on any atom is 0.0419 e. The molecule has 1 aliphatic heterocycles. The van der Waals surface area contributed by atoms with Gasteiger partial charge in [0.2, 0.25) is 0 Å². The summed E-state index contributed by atoms with van der Waals surface area (Å²) >= 11 is 7.16. The third kappa shape index (κ3) is 3.28. The highest BCUT2D eigenvalue weighted by Crippen LogP contribution is 2.28. The average molecular weight is 376 g/mol. The Morgan fingerprint density at radius 3 is 2.39 bits per heavy atom. The van der Waals surface area contributed by atoms with E-state index in [1.807, 2.05) is 0 Å². The topological polar surface area (TPSA) is 6.48 Å². The molecule has 1 aliphatic rings. The molecule has 0 aliphatic carbocycles. The van der Waals surface area contributed by atoms with Gasteiger partial charge in [0.1, 0.15) is 0 Å². The minimum atomic E-state index is 0.658. The minimum Gasteiger partial charge on any atom is -0.369 e. The van der Waals surface area contributed by atoms with Crippen molar-refractivity contribution < 1.29 is 0 Å². The summed E-state index contributed by atoms with van der Waals surface area (Å²) < 4.78 is 1.16. The van der Waals surface area contributed by atoms with Crippen LogP contribution in [0.2, 0.25) is 0 Å². The zero-order valence-corrected chi connectivity index (χ0v) is 14.2. The molecule has 4 heteroatoms. The van der Waals surface area contributed by atoms with Crippen molar-refractivity contribution in [2.75, 3.05) is 31.1 Å². The standard InChI is InChI=1S/C14H20Br2N2/c1-11(2)17-5-7-18(8-6-17)14-9-13(16)4-3-12(14)10-15/h3-4,9,11H,5-8,10H2,1-2H3. The summed E-state index contributed by atoms with van der Waals surface area (Å²) in [6.07, 6.45) is 0. The lowest BCUT2D eigenvalue weighted by Gasteiger charge is -2.38. The van der Waals surface area contributed by atoms with Crippen molar-refractivity contribution in [2.45, 2.75) is 25.2 Å². The van der Waals surface area contributed by atoms with Crippen molar-refractivity contribution in [1.82, 2.24) is 4.90 Å². The van der Waals surface area contributed by atoms with Gasteiger partial charge in [-0.3, -0.25) is 4.90 Å². The molecule has 0 N–H and O–H groups in total. The molecule has 1 fully saturated rings. The normalized spacial score (nSPS) is 17.5. The van der Waals surface area contributed by atoms with E-state index in [0.717, 1.165) is 36.0 Å². The van der Waals surface area contributed by atoms with Gasteiger partial charge in [-0.05, 0) is 31.5 Å². The average Bonchev–Trinajstić information content (AvgIpc) is 2.39. The van der Waals surface area contributed by atoms with Gasteiger partial charge >= 0.3 is 0 Å². The van der Waals surface area contributed by atoms with Gasteiger partial charge in [0.15, 0.2) is 0 Å². The summed E-state index contributed by atoms with van der Waals surface area (Å²) in [7, 11) is 0. The van der Waals surface area contributed by atoms with E-state index in [9.17, 15) is 0 Å². The van der Waals surface area contributed by atoms with Crippen LogP contribution in [0.1, 0.15) is 19.4 Å². The lowest BCUT2D eigenvalue weighted by molar-refractivity contribution is 0.209. The van der Waals surface area contributed by atoms with Gasteiger partial charge in [0.05, 0.1) is 0 Å². The van der Waals surface area contributed by atoms with Crippen LogP contribution < -0.4 is 4.90 Å². The van der Waals surface area contributed by atoms with Gasteiger partial charge in [-0.25, -0.2) is 0 Å². The molecular formula is C14H20Br2N2. The van der Waals surface area contributed by atoms with Crippen molar-refractivity contribution in [3.8, 4) is 0 Å². The quantitative estimate of drug-likeness (QED) is 0.739. The van der Waals surface area contributed by atoms with E-state index < -0.39 is 0 Å². The smallest absolute Gasteiger partial charge is 0.0419 e.